The molecule has 5 heteroatoms. The molecule has 1 aromatic rings. The Balaban J connectivity index is 1.63. The van der Waals surface area contributed by atoms with E-state index in [0.29, 0.717) is 6.42 Å². The van der Waals surface area contributed by atoms with E-state index in [4.69, 9.17) is 0 Å². The van der Waals surface area contributed by atoms with Gasteiger partial charge in [-0.05, 0) is 37.1 Å². The largest absolute Gasteiger partial charge is 0.351 e. The lowest BCUT2D eigenvalue weighted by Gasteiger charge is -2.44. The van der Waals surface area contributed by atoms with Crippen molar-refractivity contribution in [3.63, 3.8) is 0 Å². The van der Waals surface area contributed by atoms with Gasteiger partial charge < -0.3 is 10.2 Å². The maximum absolute atomic E-state index is 12.2. The van der Waals surface area contributed by atoms with E-state index in [2.05, 4.69) is 5.32 Å². The summed E-state index contributed by atoms with van der Waals surface area (Å²) in [6.07, 6.45) is 4.45. The monoisotopic (exact) mass is 278 g/mol. The van der Waals surface area contributed by atoms with Gasteiger partial charge >= 0.3 is 0 Å². The summed E-state index contributed by atoms with van der Waals surface area (Å²) in [5, 5.41) is 6.98. The van der Waals surface area contributed by atoms with Gasteiger partial charge in [-0.15, -0.1) is 0 Å². The second-order valence-electron chi connectivity index (χ2n) is 5.49. The van der Waals surface area contributed by atoms with Crippen LogP contribution in [0.1, 0.15) is 42.5 Å². The molecule has 0 unspecified atom stereocenters. The van der Waals surface area contributed by atoms with Crippen LogP contribution in [0.3, 0.4) is 0 Å². The summed E-state index contributed by atoms with van der Waals surface area (Å²) in [5.41, 5.74) is 0.745. The molecule has 2 aliphatic rings. The average molecular weight is 278 g/mol. The first-order chi connectivity index (χ1) is 9.19. The Morgan fingerprint density at radius 1 is 1.32 bits per heavy atom. The highest BCUT2D eigenvalue weighted by atomic mass is 32.1. The molecule has 3 rings (SSSR count). The summed E-state index contributed by atoms with van der Waals surface area (Å²) in [7, 11) is 0. The normalized spacial score (nSPS) is 22.3. The predicted molar refractivity (Wildman–Crippen MR) is 74.2 cm³/mol. The van der Waals surface area contributed by atoms with Crippen LogP contribution in [0.2, 0.25) is 0 Å². The summed E-state index contributed by atoms with van der Waals surface area (Å²) in [5.74, 6) is 0.294. The van der Waals surface area contributed by atoms with Crippen molar-refractivity contribution in [2.24, 2.45) is 0 Å². The fraction of sp³-hybridized carbons (Fsp3) is 0.571. The summed E-state index contributed by atoms with van der Waals surface area (Å²) in [6, 6.07) is 1.87. The highest BCUT2D eigenvalue weighted by Gasteiger charge is 2.38. The van der Waals surface area contributed by atoms with E-state index >= 15 is 0 Å². The van der Waals surface area contributed by atoms with Crippen LogP contribution in [0.5, 0.6) is 0 Å². The third kappa shape index (κ3) is 2.52. The SMILES string of the molecule is O=C1CCCC2(CCN(C(=O)c3ccsc3)CC2)N1. The number of rotatable bonds is 1. The first-order valence-corrected chi connectivity index (χ1v) is 7.75. The van der Waals surface area contributed by atoms with Gasteiger partial charge in [-0.2, -0.15) is 11.3 Å². The quantitative estimate of drug-likeness (QED) is 0.854. The zero-order valence-corrected chi connectivity index (χ0v) is 11.7. The number of hydrogen-bond acceptors (Lipinski definition) is 3. The van der Waals surface area contributed by atoms with E-state index in [9.17, 15) is 9.59 Å². The molecule has 0 aliphatic carbocycles. The van der Waals surface area contributed by atoms with Crippen molar-refractivity contribution in [1.82, 2.24) is 10.2 Å². The lowest BCUT2D eigenvalue weighted by molar-refractivity contribution is -0.125. The van der Waals surface area contributed by atoms with Crippen LogP contribution >= 0.6 is 11.3 Å². The van der Waals surface area contributed by atoms with Gasteiger partial charge in [-0.3, -0.25) is 9.59 Å². The minimum Gasteiger partial charge on any atom is -0.351 e. The molecule has 2 amide bonds. The summed E-state index contributed by atoms with van der Waals surface area (Å²) >= 11 is 1.55. The maximum Gasteiger partial charge on any atom is 0.254 e. The van der Waals surface area contributed by atoms with Gasteiger partial charge in [0.25, 0.3) is 5.91 Å². The number of nitrogens with zero attached hydrogens (tertiary/aromatic N) is 1. The van der Waals surface area contributed by atoms with E-state index in [1.807, 2.05) is 21.7 Å². The Hall–Kier alpha value is -1.36. The molecule has 0 saturated carbocycles. The molecule has 1 N–H and O–H groups in total. The number of amides is 2. The van der Waals surface area contributed by atoms with Crippen LogP contribution in [0.25, 0.3) is 0 Å². The van der Waals surface area contributed by atoms with Gasteiger partial charge in [0, 0.05) is 30.4 Å². The molecule has 0 atom stereocenters. The molecule has 2 saturated heterocycles. The molecular formula is C14H18N2O2S. The Bertz CT molecular complexity index is 476. The first-order valence-electron chi connectivity index (χ1n) is 6.81. The number of thiophene rings is 1. The highest BCUT2D eigenvalue weighted by molar-refractivity contribution is 7.08. The molecule has 1 spiro atoms. The molecule has 19 heavy (non-hydrogen) atoms. The summed E-state index contributed by atoms with van der Waals surface area (Å²) in [4.78, 5) is 25.7. The van der Waals surface area contributed by atoms with Crippen molar-refractivity contribution >= 4 is 23.2 Å². The van der Waals surface area contributed by atoms with Crippen LogP contribution in [0.15, 0.2) is 16.8 Å². The van der Waals surface area contributed by atoms with Gasteiger partial charge in [-0.1, -0.05) is 0 Å². The van der Waals surface area contributed by atoms with Gasteiger partial charge in [0.15, 0.2) is 0 Å². The summed E-state index contributed by atoms with van der Waals surface area (Å²) in [6.45, 7) is 1.49. The number of nitrogens with one attached hydrogen (secondary N) is 1. The minimum absolute atomic E-state index is 0.0409. The molecule has 3 heterocycles. The smallest absolute Gasteiger partial charge is 0.254 e. The van der Waals surface area contributed by atoms with Crippen molar-refractivity contribution in [2.75, 3.05) is 13.1 Å². The van der Waals surface area contributed by atoms with Crippen LogP contribution < -0.4 is 5.32 Å². The van der Waals surface area contributed by atoms with Crippen LogP contribution in [-0.4, -0.2) is 35.3 Å². The van der Waals surface area contributed by atoms with Gasteiger partial charge in [0.05, 0.1) is 5.56 Å². The Labute approximate surface area is 116 Å². The number of carbonyl (C=O) groups is 2. The van der Waals surface area contributed by atoms with E-state index in [1.165, 1.54) is 0 Å². The average Bonchev–Trinajstić information content (AvgIpc) is 2.92. The second-order valence-corrected chi connectivity index (χ2v) is 6.27. The van der Waals surface area contributed by atoms with Crippen molar-refractivity contribution in [3.8, 4) is 0 Å². The Morgan fingerprint density at radius 2 is 2.11 bits per heavy atom. The zero-order chi connectivity index (χ0) is 13.3. The number of carbonyl (C=O) groups excluding carboxylic acids is 2. The fourth-order valence-corrected chi connectivity index (χ4v) is 3.72. The van der Waals surface area contributed by atoms with E-state index < -0.39 is 0 Å². The molecule has 0 bridgehead atoms. The van der Waals surface area contributed by atoms with Crippen LogP contribution in [-0.2, 0) is 4.79 Å². The lowest BCUT2D eigenvalue weighted by atomic mass is 9.80. The Morgan fingerprint density at radius 3 is 2.74 bits per heavy atom. The standard InChI is InChI=1S/C14H18N2O2S/c17-12-2-1-4-14(15-12)5-7-16(8-6-14)13(18)11-3-9-19-10-11/h3,9-10H,1-2,4-8H2,(H,15,17). The molecule has 2 aliphatic heterocycles. The van der Waals surface area contributed by atoms with Crippen molar-refractivity contribution < 1.29 is 9.59 Å². The first kappa shape index (κ1) is 12.7. The van der Waals surface area contributed by atoms with Crippen LogP contribution in [0.4, 0.5) is 0 Å². The number of piperidine rings is 2. The fourth-order valence-electron chi connectivity index (χ4n) is 3.09. The molecule has 102 valence electrons. The third-order valence-electron chi connectivity index (χ3n) is 4.24. The van der Waals surface area contributed by atoms with Gasteiger partial charge in [0.2, 0.25) is 5.91 Å². The molecule has 0 radical (unpaired) electrons. The van der Waals surface area contributed by atoms with Gasteiger partial charge in [0.1, 0.15) is 0 Å². The molecule has 1 aromatic heterocycles. The van der Waals surface area contributed by atoms with Gasteiger partial charge in [-0.25, -0.2) is 0 Å². The number of hydrogen-bond donors (Lipinski definition) is 1. The van der Waals surface area contributed by atoms with Crippen molar-refractivity contribution in [2.45, 2.75) is 37.6 Å². The molecule has 2 fully saturated rings. The molecular weight excluding hydrogens is 260 g/mol. The summed E-state index contributed by atoms with van der Waals surface area (Å²) < 4.78 is 0. The zero-order valence-electron chi connectivity index (χ0n) is 10.9. The maximum atomic E-state index is 12.2. The predicted octanol–water partition coefficient (Wildman–Crippen LogP) is 2.02. The second kappa shape index (κ2) is 4.96. The van der Waals surface area contributed by atoms with Crippen molar-refractivity contribution in [1.29, 1.82) is 0 Å². The van der Waals surface area contributed by atoms with E-state index in [-0.39, 0.29) is 17.4 Å². The van der Waals surface area contributed by atoms with Crippen LogP contribution in [0, 0.1) is 0 Å². The lowest BCUT2D eigenvalue weighted by Crippen LogP contribution is -2.57. The third-order valence-corrected chi connectivity index (χ3v) is 4.92. The highest BCUT2D eigenvalue weighted by Crippen LogP contribution is 2.31. The molecule has 0 aromatic carbocycles. The number of likely N-dealkylation sites (tertiary alicyclic amines) is 1. The van der Waals surface area contributed by atoms with E-state index in [0.717, 1.165) is 44.3 Å². The topological polar surface area (TPSA) is 49.4 Å². The van der Waals surface area contributed by atoms with E-state index in [1.54, 1.807) is 11.3 Å². The molecule has 4 nitrogen and oxygen atoms in total. The Kier molecular flexibility index (Phi) is 3.31. The van der Waals surface area contributed by atoms with Crippen molar-refractivity contribution in [3.05, 3.63) is 22.4 Å². The minimum atomic E-state index is -0.0409.